The van der Waals surface area contributed by atoms with Gasteiger partial charge in [-0.25, -0.2) is 8.78 Å². The Morgan fingerprint density at radius 3 is 2.47 bits per heavy atom. The number of hydrogen-bond donors (Lipinski definition) is 1. The quantitative estimate of drug-likeness (QED) is 0.794. The highest BCUT2D eigenvalue weighted by Gasteiger charge is 2.14. The van der Waals surface area contributed by atoms with Gasteiger partial charge in [-0.1, -0.05) is 13.0 Å². The maximum absolute atomic E-state index is 13.5. The van der Waals surface area contributed by atoms with E-state index in [2.05, 4.69) is 5.32 Å². The van der Waals surface area contributed by atoms with E-state index in [1.807, 2.05) is 6.92 Å². The Labute approximate surface area is 101 Å². The van der Waals surface area contributed by atoms with Crippen LogP contribution in [-0.2, 0) is 11.2 Å². The highest BCUT2D eigenvalue weighted by Crippen LogP contribution is 2.15. The molecule has 0 fully saturated rings. The van der Waals surface area contributed by atoms with E-state index in [1.165, 1.54) is 18.2 Å². The molecule has 0 aliphatic carbocycles. The summed E-state index contributed by atoms with van der Waals surface area (Å²) < 4.78 is 31.9. The van der Waals surface area contributed by atoms with E-state index in [1.54, 1.807) is 7.11 Å². The maximum Gasteiger partial charge on any atom is 0.129 e. The highest BCUT2D eigenvalue weighted by atomic mass is 19.1. The van der Waals surface area contributed by atoms with Crippen molar-refractivity contribution in [3.63, 3.8) is 0 Å². The van der Waals surface area contributed by atoms with Gasteiger partial charge in [0.15, 0.2) is 0 Å². The van der Waals surface area contributed by atoms with Crippen LogP contribution in [0.2, 0.25) is 0 Å². The summed E-state index contributed by atoms with van der Waals surface area (Å²) in [5, 5.41) is 3.21. The third-order valence-corrected chi connectivity index (χ3v) is 2.68. The summed E-state index contributed by atoms with van der Waals surface area (Å²) in [5.41, 5.74) is 0.148. The normalized spacial score (nSPS) is 12.7. The molecule has 0 aliphatic rings. The van der Waals surface area contributed by atoms with Crippen LogP contribution in [-0.4, -0.2) is 26.3 Å². The molecule has 0 aromatic heterocycles. The first-order valence-electron chi connectivity index (χ1n) is 5.84. The number of hydrogen-bond acceptors (Lipinski definition) is 2. The first-order valence-corrected chi connectivity index (χ1v) is 5.84. The van der Waals surface area contributed by atoms with Crippen LogP contribution in [0.1, 0.15) is 18.9 Å². The third-order valence-electron chi connectivity index (χ3n) is 2.68. The highest BCUT2D eigenvalue weighted by molar-refractivity contribution is 5.20. The molecule has 1 atom stereocenters. The van der Waals surface area contributed by atoms with Crippen molar-refractivity contribution in [2.75, 3.05) is 20.3 Å². The van der Waals surface area contributed by atoms with Crippen LogP contribution in [0.3, 0.4) is 0 Å². The molecule has 0 amide bonds. The SMILES string of the molecule is CCNC(CCOC)Cc1c(F)cccc1F. The van der Waals surface area contributed by atoms with Gasteiger partial charge in [-0.15, -0.1) is 0 Å². The van der Waals surface area contributed by atoms with E-state index < -0.39 is 11.6 Å². The van der Waals surface area contributed by atoms with Gasteiger partial charge in [0.05, 0.1) is 0 Å². The fraction of sp³-hybridized carbons (Fsp3) is 0.538. The second-order valence-corrected chi connectivity index (χ2v) is 3.94. The van der Waals surface area contributed by atoms with Crippen molar-refractivity contribution in [2.24, 2.45) is 0 Å². The molecule has 1 aromatic rings. The topological polar surface area (TPSA) is 21.3 Å². The minimum atomic E-state index is -0.481. The largest absolute Gasteiger partial charge is 0.385 e. The van der Waals surface area contributed by atoms with Gasteiger partial charge < -0.3 is 10.1 Å². The molecule has 0 aliphatic heterocycles. The zero-order chi connectivity index (χ0) is 12.7. The number of likely N-dealkylation sites (N-methyl/N-ethyl adjacent to an activating group) is 1. The summed E-state index contributed by atoms with van der Waals surface area (Å²) in [6.45, 7) is 3.32. The predicted octanol–water partition coefficient (Wildman–Crippen LogP) is 2.52. The summed E-state index contributed by atoms with van der Waals surface area (Å²) in [6.07, 6.45) is 1.08. The van der Waals surface area contributed by atoms with E-state index >= 15 is 0 Å². The van der Waals surface area contributed by atoms with Crippen LogP contribution in [0.25, 0.3) is 0 Å². The number of methoxy groups -OCH3 is 1. The molecule has 0 heterocycles. The Hall–Kier alpha value is -1.00. The monoisotopic (exact) mass is 243 g/mol. The van der Waals surface area contributed by atoms with E-state index in [-0.39, 0.29) is 11.6 Å². The molecule has 2 nitrogen and oxygen atoms in total. The third kappa shape index (κ3) is 4.40. The Bertz CT molecular complexity index is 324. The lowest BCUT2D eigenvalue weighted by molar-refractivity contribution is 0.182. The lowest BCUT2D eigenvalue weighted by Gasteiger charge is -2.18. The zero-order valence-corrected chi connectivity index (χ0v) is 10.3. The molecule has 17 heavy (non-hydrogen) atoms. The molecule has 4 heteroatoms. The van der Waals surface area contributed by atoms with Crippen LogP contribution >= 0.6 is 0 Å². The molecule has 1 unspecified atom stereocenters. The van der Waals surface area contributed by atoms with Crippen LogP contribution in [0.4, 0.5) is 8.78 Å². The van der Waals surface area contributed by atoms with Crippen molar-refractivity contribution < 1.29 is 13.5 Å². The number of nitrogens with one attached hydrogen (secondary N) is 1. The molecule has 1 aromatic carbocycles. The second kappa shape index (κ2) is 7.35. The van der Waals surface area contributed by atoms with Crippen molar-refractivity contribution in [3.8, 4) is 0 Å². The van der Waals surface area contributed by atoms with Gasteiger partial charge in [0.1, 0.15) is 11.6 Å². The van der Waals surface area contributed by atoms with Gasteiger partial charge in [-0.05, 0) is 31.5 Å². The minimum Gasteiger partial charge on any atom is -0.385 e. The van der Waals surface area contributed by atoms with E-state index in [0.29, 0.717) is 13.0 Å². The van der Waals surface area contributed by atoms with E-state index in [9.17, 15) is 8.78 Å². The van der Waals surface area contributed by atoms with Crippen molar-refractivity contribution in [1.82, 2.24) is 5.32 Å². The molecule has 0 bridgehead atoms. The summed E-state index contributed by atoms with van der Waals surface area (Å²) in [7, 11) is 1.62. The second-order valence-electron chi connectivity index (χ2n) is 3.94. The summed E-state index contributed by atoms with van der Waals surface area (Å²) in [6, 6.07) is 3.99. The van der Waals surface area contributed by atoms with Crippen molar-refractivity contribution in [2.45, 2.75) is 25.8 Å². The van der Waals surface area contributed by atoms with Crippen LogP contribution in [0.5, 0.6) is 0 Å². The summed E-state index contributed by atoms with van der Waals surface area (Å²) >= 11 is 0. The van der Waals surface area contributed by atoms with Gasteiger partial charge >= 0.3 is 0 Å². The number of halogens is 2. The molecular formula is C13H19F2NO. The van der Waals surface area contributed by atoms with Crippen LogP contribution < -0.4 is 5.32 Å². The first-order chi connectivity index (χ1) is 8.19. The molecule has 0 saturated carbocycles. The Balaban J connectivity index is 2.70. The molecule has 0 saturated heterocycles. The lowest BCUT2D eigenvalue weighted by atomic mass is 10.0. The van der Waals surface area contributed by atoms with Gasteiger partial charge in [0.25, 0.3) is 0 Å². The van der Waals surface area contributed by atoms with Crippen molar-refractivity contribution in [1.29, 1.82) is 0 Å². The Morgan fingerprint density at radius 2 is 1.94 bits per heavy atom. The molecule has 1 N–H and O–H groups in total. The van der Waals surface area contributed by atoms with Crippen molar-refractivity contribution in [3.05, 3.63) is 35.4 Å². The van der Waals surface area contributed by atoms with E-state index in [4.69, 9.17) is 4.74 Å². The molecule has 0 spiro atoms. The smallest absolute Gasteiger partial charge is 0.129 e. The fourth-order valence-electron chi connectivity index (χ4n) is 1.80. The maximum atomic E-state index is 13.5. The minimum absolute atomic E-state index is 0.0337. The first kappa shape index (κ1) is 14.1. The summed E-state index contributed by atoms with van der Waals surface area (Å²) in [5.74, 6) is -0.962. The fourth-order valence-corrected chi connectivity index (χ4v) is 1.80. The zero-order valence-electron chi connectivity index (χ0n) is 10.3. The molecular weight excluding hydrogens is 224 g/mol. The average Bonchev–Trinajstić information content (AvgIpc) is 2.31. The van der Waals surface area contributed by atoms with Gasteiger partial charge in [-0.3, -0.25) is 0 Å². The van der Waals surface area contributed by atoms with Gasteiger partial charge in [0.2, 0.25) is 0 Å². The molecule has 1 rings (SSSR count). The Morgan fingerprint density at radius 1 is 1.29 bits per heavy atom. The molecule has 0 radical (unpaired) electrons. The Kier molecular flexibility index (Phi) is 6.08. The lowest BCUT2D eigenvalue weighted by Crippen LogP contribution is -2.32. The van der Waals surface area contributed by atoms with E-state index in [0.717, 1.165) is 13.0 Å². The van der Waals surface area contributed by atoms with Crippen LogP contribution in [0.15, 0.2) is 18.2 Å². The predicted molar refractivity (Wildman–Crippen MR) is 64.0 cm³/mol. The van der Waals surface area contributed by atoms with Gasteiger partial charge in [0, 0.05) is 25.3 Å². The standard InChI is InChI=1S/C13H19F2NO/c1-3-16-10(7-8-17-2)9-11-12(14)5-4-6-13(11)15/h4-6,10,16H,3,7-9H2,1-2H3. The van der Waals surface area contributed by atoms with Crippen molar-refractivity contribution >= 4 is 0 Å². The number of rotatable bonds is 7. The number of ether oxygens (including phenoxy) is 1. The molecule has 96 valence electrons. The number of benzene rings is 1. The summed E-state index contributed by atoms with van der Waals surface area (Å²) in [4.78, 5) is 0. The average molecular weight is 243 g/mol. The van der Waals surface area contributed by atoms with Crippen LogP contribution in [0, 0.1) is 11.6 Å². The van der Waals surface area contributed by atoms with Gasteiger partial charge in [-0.2, -0.15) is 0 Å².